The van der Waals surface area contributed by atoms with Crippen molar-refractivity contribution >= 4 is 21.6 Å². The maximum atomic E-state index is 12.4. The van der Waals surface area contributed by atoms with Crippen molar-refractivity contribution in [1.29, 1.82) is 0 Å². The summed E-state index contributed by atoms with van der Waals surface area (Å²) >= 11 is 3.48. The molecule has 2 saturated carbocycles. The first-order valence-corrected chi connectivity index (χ1v) is 8.59. The van der Waals surface area contributed by atoms with E-state index in [1.807, 2.05) is 13.2 Å². The molecule has 0 saturated heterocycles. The second-order valence-corrected chi connectivity index (χ2v) is 7.17. The molecule has 0 aliphatic heterocycles. The Kier molecular flexibility index (Phi) is 4.36. The van der Waals surface area contributed by atoms with Gasteiger partial charge in [-0.1, -0.05) is 6.42 Å². The molecule has 5 nitrogen and oxygen atoms in total. The number of anilines is 1. The molecule has 0 radical (unpaired) electrons. The first-order valence-electron chi connectivity index (χ1n) is 7.80. The number of nitrogens with two attached hydrogens (primary N) is 1. The SMILES string of the molecule is CN(c1cnn(CC2CC2)c(=O)c1Br)C1CCCC1CN. The molecule has 2 fully saturated rings. The van der Waals surface area contributed by atoms with Crippen molar-refractivity contribution in [2.24, 2.45) is 17.6 Å². The quantitative estimate of drug-likeness (QED) is 0.877. The Morgan fingerprint density at radius 1 is 1.43 bits per heavy atom. The van der Waals surface area contributed by atoms with Crippen LogP contribution < -0.4 is 16.2 Å². The molecule has 0 bridgehead atoms. The molecule has 0 amide bonds. The molecule has 3 rings (SSSR count). The second-order valence-electron chi connectivity index (χ2n) is 6.38. The van der Waals surface area contributed by atoms with E-state index in [1.54, 1.807) is 4.68 Å². The monoisotopic (exact) mass is 354 g/mol. The lowest BCUT2D eigenvalue weighted by Crippen LogP contribution is -2.39. The topological polar surface area (TPSA) is 64.2 Å². The number of hydrogen-bond acceptors (Lipinski definition) is 4. The van der Waals surface area contributed by atoms with E-state index in [1.165, 1.54) is 25.7 Å². The number of aromatic nitrogens is 2. The first-order chi connectivity index (χ1) is 10.1. The third kappa shape index (κ3) is 3.01. The smallest absolute Gasteiger partial charge is 0.283 e. The standard InChI is InChI=1S/C15H23BrN4O/c1-19(12-4-2-3-11(12)7-17)13-8-18-20(9-10-5-6-10)15(21)14(13)16/h8,10-12H,2-7,9,17H2,1H3. The fourth-order valence-electron chi connectivity index (χ4n) is 3.36. The van der Waals surface area contributed by atoms with Gasteiger partial charge in [-0.2, -0.15) is 5.10 Å². The zero-order valence-corrected chi connectivity index (χ0v) is 14.1. The van der Waals surface area contributed by atoms with Gasteiger partial charge < -0.3 is 10.6 Å². The van der Waals surface area contributed by atoms with Crippen molar-refractivity contribution in [3.63, 3.8) is 0 Å². The summed E-state index contributed by atoms with van der Waals surface area (Å²) in [6.07, 6.45) is 7.77. The average Bonchev–Trinajstić information content (AvgIpc) is 3.16. The van der Waals surface area contributed by atoms with Crippen LogP contribution in [-0.2, 0) is 6.54 Å². The molecule has 116 valence electrons. The second kappa shape index (κ2) is 6.08. The summed E-state index contributed by atoms with van der Waals surface area (Å²) in [5, 5.41) is 4.36. The zero-order chi connectivity index (χ0) is 15.0. The molecular weight excluding hydrogens is 332 g/mol. The van der Waals surface area contributed by atoms with Gasteiger partial charge in [-0.15, -0.1) is 0 Å². The van der Waals surface area contributed by atoms with Crippen LogP contribution in [0.2, 0.25) is 0 Å². The van der Waals surface area contributed by atoms with Crippen LogP contribution in [0, 0.1) is 11.8 Å². The third-order valence-corrected chi connectivity index (χ3v) is 5.64. The lowest BCUT2D eigenvalue weighted by molar-refractivity contribution is 0.471. The highest BCUT2D eigenvalue weighted by Gasteiger charge is 2.31. The van der Waals surface area contributed by atoms with Gasteiger partial charge in [0.25, 0.3) is 5.56 Å². The van der Waals surface area contributed by atoms with E-state index in [4.69, 9.17) is 5.73 Å². The van der Waals surface area contributed by atoms with Gasteiger partial charge in [-0.3, -0.25) is 4.79 Å². The van der Waals surface area contributed by atoms with E-state index in [0.29, 0.717) is 28.9 Å². The van der Waals surface area contributed by atoms with Crippen LogP contribution in [0.4, 0.5) is 5.69 Å². The molecule has 2 N–H and O–H groups in total. The fourth-order valence-corrected chi connectivity index (χ4v) is 3.94. The van der Waals surface area contributed by atoms with Gasteiger partial charge in [0.05, 0.1) is 11.9 Å². The van der Waals surface area contributed by atoms with E-state index in [2.05, 4.69) is 25.9 Å². The van der Waals surface area contributed by atoms with Crippen LogP contribution in [0.25, 0.3) is 0 Å². The van der Waals surface area contributed by atoms with Crippen LogP contribution in [0.15, 0.2) is 15.5 Å². The van der Waals surface area contributed by atoms with Crippen molar-refractivity contribution in [2.75, 3.05) is 18.5 Å². The molecular formula is C15H23BrN4O. The van der Waals surface area contributed by atoms with Gasteiger partial charge >= 0.3 is 0 Å². The average molecular weight is 355 g/mol. The Hall–Kier alpha value is -0.880. The van der Waals surface area contributed by atoms with Gasteiger partial charge in [0.15, 0.2) is 0 Å². The largest absolute Gasteiger partial charge is 0.369 e. The Morgan fingerprint density at radius 2 is 2.19 bits per heavy atom. The highest BCUT2D eigenvalue weighted by Crippen LogP contribution is 2.34. The van der Waals surface area contributed by atoms with Crippen molar-refractivity contribution in [3.8, 4) is 0 Å². The van der Waals surface area contributed by atoms with E-state index in [0.717, 1.165) is 18.7 Å². The molecule has 2 unspecified atom stereocenters. The lowest BCUT2D eigenvalue weighted by Gasteiger charge is -2.31. The minimum atomic E-state index is -0.0199. The molecule has 2 aliphatic carbocycles. The van der Waals surface area contributed by atoms with Crippen LogP contribution in [-0.4, -0.2) is 29.4 Å². The molecule has 2 aliphatic rings. The van der Waals surface area contributed by atoms with E-state index in [9.17, 15) is 4.79 Å². The molecule has 1 heterocycles. The molecule has 1 aromatic rings. The molecule has 2 atom stereocenters. The Bertz CT molecular complexity index is 569. The van der Waals surface area contributed by atoms with Crippen LogP contribution in [0.1, 0.15) is 32.1 Å². The number of hydrogen-bond donors (Lipinski definition) is 1. The number of halogens is 1. The minimum absolute atomic E-state index is 0.0199. The van der Waals surface area contributed by atoms with Crippen molar-refractivity contribution in [2.45, 2.75) is 44.7 Å². The van der Waals surface area contributed by atoms with Crippen LogP contribution in [0.5, 0.6) is 0 Å². The van der Waals surface area contributed by atoms with Gasteiger partial charge in [0.1, 0.15) is 4.47 Å². The van der Waals surface area contributed by atoms with Crippen molar-refractivity contribution < 1.29 is 0 Å². The summed E-state index contributed by atoms with van der Waals surface area (Å²) < 4.78 is 2.22. The lowest BCUT2D eigenvalue weighted by atomic mass is 10.0. The normalized spacial score (nSPS) is 25.3. The Labute approximate surface area is 133 Å². The van der Waals surface area contributed by atoms with E-state index < -0.39 is 0 Å². The van der Waals surface area contributed by atoms with Crippen LogP contribution in [0.3, 0.4) is 0 Å². The van der Waals surface area contributed by atoms with E-state index in [-0.39, 0.29) is 5.56 Å². The maximum Gasteiger partial charge on any atom is 0.283 e. The number of rotatable bonds is 5. The van der Waals surface area contributed by atoms with Crippen molar-refractivity contribution in [1.82, 2.24) is 9.78 Å². The van der Waals surface area contributed by atoms with Crippen LogP contribution >= 0.6 is 15.9 Å². The predicted octanol–water partition coefficient (Wildman–Crippen LogP) is 1.98. The van der Waals surface area contributed by atoms with Gasteiger partial charge in [0, 0.05) is 19.6 Å². The summed E-state index contributed by atoms with van der Waals surface area (Å²) in [5.41, 5.74) is 6.74. The third-order valence-electron chi connectivity index (χ3n) is 4.89. The van der Waals surface area contributed by atoms with Gasteiger partial charge in [-0.25, -0.2) is 4.68 Å². The minimum Gasteiger partial charge on any atom is -0.369 e. The Morgan fingerprint density at radius 3 is 2.86 bits per heavy atom. The summed E-state index contributed by atoms with van der Waals surface area (Å²) in [6.45, 7) is 1.45. The molecule has 0 spiro atoms. The molecule has 21 heavy (non-hydrogen) atoms. The fraction of sp³-hybridized carbons (Fsp3) is 0.733. The molecule has 0 aromatic carbocycles. The number of nitrogens with zero attached hydrogens (tertiary/aromatic N) is 3. The highest BCUT2D eigenvalue weighted by molar-refractivity contribution is 9.10. The summed E-state index contributed by atoms with van der Waals surface area (Å²) in [6, 6.07) is 0.409. The van der Waals surface area contributed by atoms with Crippen molar-refractivity contribution in [3.05, 3.63) is 21.0 Å². The summed E-state index contributed by atoms with van der Waals surface area (Å²) in [7, 11) is 2.05. The zero-order valence-electron chi connectivity index (χ0n) is 12.5. The molecule has 6 heteroatoms. The predicted molar refractivity (Wildman–Crippen MR) is 87.5 cm³/mol. The summed E-state index contributed by atoms with van der Waals surface area (Å²) in [4.78, 5) is 14.6. The first kappa shape index (κ1) is 15.0. The Balaban J connectivity index is 1.84. The summed E-state index contributed by atoms with van der Waals surface area (Å²) in [5.74, 6) is 1.15. The van der Waals surface area contributed by atoms with Gasteiger partial charge in [-0.05, 0) is 60.0 Å². The molecule has 1 aromatic heterocycles. The van der Waals surface area contributed by atoms with E-state index >= 15 is 0 Å². The maximum absolute atomic E-state index is 12.4. The van der Waals surface area contributed by atoms with Gasteiger partial charge in [0.2, 0.25) is 0 Å². The highest BCUT2D eigenvalue weighted by atomic mass is 79.9.